The highest BCUT2D eigenvalue weighted by Gasteiger charge is 2.18. The first-order chi connectivity index (χ1) is 12.4. The largest absolute Gasteiger partial charge is 0.496 e. The number of aryl methyl sites for hydroxylation is 1. The van der Waals surface area contributed by atoms with Gasteiger partial charge in [0.15, 0.2) is 0 Å². The second-order valence-corrected chi connectivity index (χ2v) is 6.24. The Labute approximate surface area is 155 Å². The quantitative estimate of drug-likeness (QED) is 0.831. The minimum atomic E-state index is -0.184. The van der Waals surface area contributed by atoms with Crippen LogP contribution in [0, 0.1) is 13.8 Å². The average molecular weight is 354 g/mol. The van der Waals surface area contributed by atoms with Crippen LogP contribution in [0.15, 0.2) is 42.5 Å². The van der Waals surface area contributed by atoms with E-state index in [1.54, 1.807) is 7.11 Å². The van der Waals surface area contributed by atoms with Gasteiger partial charge in [-0.3, -0.25) is 9.59 Å². The van der Waals surface area contributed by atoms with E-state index >= 15 is 0 Å². The standard InChI is InChI=1S/C21H26N2O3/c1-15-8-7-10-19(16(15)2)23(17(3)24)14-21(25)22-13-12-18-9-5-6-11-20(18)26-4/h5-11H,12-14H2,1-4H3,(H,22,25). The lowest BCUT2D eigenvalue weighted by atomic mass is 10.1. The number of carbonyl (C=O) groups is 2. The first-order valence-electron chi connectivity index (χ1n) is 8.67. The predicted molar refractivity (Wildman–Crippen MR) is 104 cm³/mol. The van der Waals surface area contributed by atoms with Gasteiger partial charge in [0.2, 0.25) is 11.8 Å². The molecule has 2 amide bonds. The van der Waals surface area contributed by atoms with Crippen LogP contribution in [-0.2, 0) is 16.0 Å². The average Bonchev–Trinajstić information content (AvgIpc) is 2.62. The van der Waals surface area contributed by atoms with E-state index in [2.05, 4.69) is 5.32 Å². The molecular formula is C21H26N2O3. The van der Waals surface area contributed by atoms with Crippen LogP contribution < -0.4 is 15.0 Å². The molecule has 0 unspecified atom stereocenters. The molecule has 0 bridgehead atoms. The lowest BCUT2D eigenvalue weighted by Gasteiger charge is -2.23. The van der Waals surface area contributed by atoms with E-state index in [9.17, 15) is 9.59 Å². The normalized spacial score (nSPS) is 10.3. The number of nitrogens with one attached hydrogen (secondary N) is 1. The van der Waals surface area contributed by atoms with Crippen molar-refractivity contribution in [3.05, 3.63) is 59.2 Å². The van der Waals surface area contributed by atoms with Crippen LogP contribution in [-0.4, -0.2) is 32.0 Å². The van der Waals surface area contributed by atoms with Gasteiger partial charge in [-0.2, -0.15) is 0 Å². The molecule has 2 aromatic rings. The molecule has 138 valence electrons. The molecular weight excluding hydrogens is 328 g/mol. The molecule has 0 radical (unpaired) electrons. The Morgan fingerprint density at radius 2 is 1.81 bits per heavy atom. The summed E-state index contributed by atoms with van der Waals surface area (Å²) in [7, 11) is 1.63. The number of rotatable bonds is 7. The number of hydrogen-bond acceptors (Lipinski definition) is 3. The van der Waals surface area contributed by atoms with Gasteiger partial charge in [0, 0.05) is 19.2 Å². The molecule has 5 nitrogen and oxygen atoms in total. The maximum Gasteiger partial charge on any atom is 0.240 e. The summed E-state index contributed by atoms with van der Waals surface area (Å²) in [6.45, 7) is 5.91. The molecule has 0 aliphatic rings. The Balaban J connectivity index is 1.98. The zero-order valence-electron chi connectivity index (χ0n) is 15.8. The zero-order chi connectivity index (χ0) is 19.1. The van der Waals surface area contributed by atoms with Crippen LogP contribution in [0.1, 0.15) is 23.6 Å². The van der Waals surface area contributed by atoms with Crippen LogP contribution in [0.4, 0.5) is 5.69 Å². The topological polar surface area (TPSA) is 58.6 Å². The second kappa shape index (κ2) is 9.04. The molecule has 5 heteroatoms. The first kappa shape index (κ1) is 19.5. The SMILES string of the molecule is COc1ccccc1CCNC(=O)CN(C(C)=O)c1cccc(C)c1C. The van der Waals surface area contributed by atoms with Crippen molar-refractivity contribution >= 4 is 17.5 Å². The van der Waals surface area contributed by atoms with E-state index in [0.29, 0.717) is 13.0 Å². The van der Waals surface area contributed by atoms with Gasteiger partial charge in [0.1, 0.15) is 12.3 Å². The van der Waals surface area contributed by atoms with Gasteiger partial charge in [0.25, 0.3) is 0 Å². The molecule has 0 heterocycles. The van der Waals surface area contributed by atoms with Gasteiger partial charge in [-0.1, -0.05) is 30.3 Å². The summed E-state index contributed by atoms with van der Waals surface area (Å²) in [5.41, 5.74) is 3.90. The van der Waals surface area contributed by atoms with Crippen LogP contribution in [0.2, 0.25) is 0 Å². The van der Waals surface area contributed by atoms with Crippen molar-refractivity contribution in [2.45, 2.75) is 27.2 Å². The molecule has 0 fully saturated rings. The van der Waals surface area contributed by atoms with E-state index in [4.69, 9.17) is 4.74 Å². The van der Waals surface area contributed by atoms with Crippen molar-refractivity contribution < 1.29 is 14.3 Å². The smallest absolute Gasteiger partial charge is 0.240 e. The van der Waals surface area contributed by atoms with E-state index in [0.717, 1.165) is 28.1 Å². The minimum Gasteiger partial charge on any atom is -0.496 e. The number of amides is 2. The van der Waals surface area contributed by atoms with Crippen LogP contribution in [0.3, 0.4) is 0 Å². The van der Waals surface area contributed by atoms with Crippen LogP contribution >= 0.6 is 0 Å². The second-order valence-electron chi connectivity index (χ2n) is 6.24. The molecule has 0 aliphatic carbocycles. The molecule has 1 N–H and O–H groups in total. The number of methoxy groups -OCH3 is 1. The van der Waals surface area contributed by atoms with E-state index in [1.165, 1.54) is 11.8 Å². The lowest BCUT2D eigenvalue weighted by Crippen LogP contribution is -2.40. The van der Waals surface area contributed by atoms with Gasteiger partial charge >= 0.3 is 0 Å². The Bertz CT molecular complexity index is 787. The highest BCUT2D eigenvalue weighted by atomic mass is 16.5. The number of hydrogen-bond donors (Lipinski definition) is 1. The molecule has 0 spiro atoms. The van der Waals surface area contributed by atoms with Gasteiger partial charge in [-0.05, 0) is 49.1 Å². The third kappa shape index (κ3) is 4.85. The molecule has 2 rings (SSSR count). The third-order valence-electron chi connectivity index (χ3n) is 4.46. The first-order valence-corrected chi connectivity index (χ1v) is 8.67. The minimum absolute atomic E-state index is 0.00551. The summed E-state index contributed by atoms with van der Waals surface area (Å²) in [6, 6.07) is 13.5. The van der Waals surface area contributed by atoms with Crippen molar-refractivity contribution in [1.29, 1.82) is 0 Å². The van der Waals surface area contributed by atoms with Gasteiger partial charge in [0.05, 0.1) is 7.11 Å². The monoisotopic (exact) mass is 354 g/mol. The molecule has 26 heavy (non-hydrogen) atoms. The molecule has 0 aliphatic heterocycles. The Hall–Kier alpha value is -2.82. The summed E-state index contributed by atoms with van der Waals surface area (Å²) in [6.07, 6.45) is 0.666. The van der Waals surface area contributed by atoms with Crippen LogP contribution in [0.25, 0.3) is 0 Å². The lowest BCUT2D eigenvalue weighted by molar-refractivity contribution is -0.123. The summed E-state index contributed by atoms with van der Waals surface area (Å²) >= 11 is 0. The zero-order valence-corrected chi connectivity index (χ0v) is 15.8. The van der Waals surface area contributed by atoms with Gasteiger partial charge < -0.3 is 15.0 Å². The fourth-order valence-corrected chi connectivity index (χ4v) is 2.84. The van der Waals surface area contributed by atoms with Crippen molar-refractivity contribution in [2.75, 3.05) is 25.1 Å². The van der Waals surface area contributed by atoms with Crippen molar-refractivity contribution in [3.63, 3.8) is 0 Å². The highest BCUT2D eigenvalue weighted by Crippen LogP contribution is 2.22. The number of para-hydroxylation sites is 1. The van der Waals surface area contributed by atoms with Crippen molar-refractivity contribution in [1.82, 2.24) is 5.32 Å². The van der Waals surface area contributed by atoms with E-state index in [1.807, 2.05) is 56.3 Å². The summed E-state index contributed by atoms with van der Waals surface area (Å²) in [5, 5.41) is 2.88. The molecule has 0 atom stereocenters. The number of nitrogens with zero attached hydrogens (tertiary/aromatic N) is 1. The Morgan fingerprint density at radius 3 is 2.50 bits per heavy atom. The summed E-state index contributed by atoms with van der Waals surface area (Å²) in [5.74, 6) is 0.470. The highest BCUT2D eigenvalue weighted by molar-refractivity contribution is 5.98. The fraction of sp³-hybridized carbons (Fsp3) is 0.333. The predicted octanol–water partition coefficient (Wildman–Crippen LogP) is 3.02. The van der Waals surface area contributed by atoms with Gasteiger partial charge in [-0.25, -0.2) is 0 Å². The maximum atomic E-state index is 12.3. The summed E-state index contributed by atoms with van der Waals surface area (Å²) in [4.78, 5) is 25.9. The van der Waals surface area contributed by atoms with Crippen molar-refractivity contribution in [3.8, 4) is 5.75 Å². The van der Waals surface area contributed by atoms with E-state index < -0.39 is 0 Å². The molecule has 0 saturated heterocycles. The van der Waals surface area contributed by atoms with Crippen molar-refractivity contribution in [2.24, 2.45) is 0 Å². The molecule has 0 aromatic heterocycles. The maximum absolute atomic E-state index is 12.3. The molecule has 2 aromatic carbocycles. The van der Waals surface area contributed by atoms with Crippen LogP contribution in [0.5, 0.6) is 5.75 Å². The van der Waals surface area contributed by atoms with E-state index in [-0.39, 0.29) is 18.4 Å². The Kier molecular flexibility index (Phi) is 6.78. The number of ether oxygens (including phenoxy) is 1. The number of anilines is 1. The molecule has 0 saturated carbocycles. The van der Waals surface area contributed by atoms with Gasteiger partial charge in [-0.15, -0.1) is 0 Å². The summed E-state index contributed by atoms with van der Waals surface area (Å²) < 4.78 is 5.32. The Morgan fingerprint density at radius 1 is 1.08 bits per heavy atom. The number of carbonyl (C=O) groups excluding carboxylic acids is 2. The number of benzene rings is 2. The fourth-order valence-electron chi connectivity index (χ4n) is 2.84. The third-order valence-corrected chi connectivity index (χ3v) is 4.46.